The molecule has 0 radical (unpaired) electrons. The molecule has 4 nitrogen and oxygen atoms in total. The second kappa shape index (κ2) is 6.28. The lowest BCUT2D eigenvalue weighted by atomic mass is 9.66. The van der Waals surface area contributed by atoms with Crippen molar-refractivity contribution in [3.05, 3.63) is 29.8 Å². The zero-order chi connectivity index (χ0) is 15.6. The molecule has 1 saturated heterocycles. The number of likely N-dealkylation sites (tertiary alicyclic amines) is 1. The van der Waals surface area contributed by atoms with E-state index in [9.17, 15) is 5.11 Å². The topological polar surface area (TPSA) is 56.5 Å². The molecule has 1 aliphatic carbocycles. The lowest BCUT2D eigenvalue weighted by Gasteiger charge is -2.52. The van der Waals surface area contributed by atoms with Gasteiger partial charge in [-0.2, -0.15) is 5.26 Å². The van der Waals surface area contributed by atoms with Crippen LogP contribution in [-0.4, -0.2) is 35.8 Å². The Morgan fingerprint density at radius 1 is 1.32 bits per heavy atom. The molecule has 0 amide bonds. The van der Waals surface area contributed by atoms with E-state index in [4.69, 9.17) is 10.00 Å². The van der Waals surface area contributed by atoms with Crippen LogP contribution in [0.3, 0.4) is 0 Å². The average molecular weight is 300 g/mol. The first-order valence-corrected chi connectivity index (χ1v) is 8.15. The summed E-state index contributed by atoms with van der Waals surface area (Å²) in [5.41, 5.74) is 0.621. The van der Waals surface area contributed by atoms with Crippen LogP contribution in [0, 0.1) is 17.2 Å². The number of aliphatic hydroxyl groups is 1. The summed E-state index contributed by atoms with van der Waals surface area (Å²) in [6, 6.07) is 10.5. The van der Waals surface area contributed by atoms with Crippen LogP contribution in [0.4, 0.5) is 0 Å². The minimum atomic E-state index is -0.561. The minimum Gasteiger partial charge on any atom is -0.497 e. The summed E-state index contributed by atoms with van der Waals surface area (Å²) in [6.07, 6.45) is 4.99. The van der Waals surface area contributed by atoms with Gasteiger partial charge in [-0.3, -0.25) is 4.90 Å². The molecule has 0 unspecified atom stereocenters. The van der Waals surface area contributed by atoms with Gasteiger partial charge in [0.05, 0.1) is 25.3 Å². The van der Waals surface area contributed by atoms with Crippen molar-refractivity contribution < 1.29 is 9.84 Å². The molecule has 2 fully saturated rings. The number of benzene rings is 1. The second-order valence-electron chi connectivity index (χ2n) is 6.55. The molecule has 1 N–H and O–H groups in total. The van der Waals surface area contributed by atoms with Gasteiger partial charge in [0, 0.05) is 18.5 Å². The monoisotopic (exact) mass is 300 g/mol. The van der Waals surface area contributed by atoms with E-state index in [2.05, 4.69) is 23.1 Å². The Hall–Kier alpha value is -1.57. The molecule has 3 atom stereocenters. The fourth-order valence-electron chi connectivity index (χ4n) is 4.25. The molecule has 0 bridgehead atoms. The zero-order valence-electron chi connectivity index (χ0n) is 13.2. The number of ether oxygens (including phenoxy) is 1. The van der Waals surface area contributed by atoms with Crippen molar-refractivity contribution in [1.29, 1.82) is 5.26 Å². The number of hydrogen-bond donors (Lipinski definition) is 1. The highest BCUT2D eigenvalue weighted by molar-refractivity contribution is 5.31. The lowest BCUT2D eigenvalue weighted by Crippen LogP contribution is -2.54. The Morgan fingerprint density at radius 3 is 2.77 bits per heavy atom. The van der Waals surface area contributed by atoms with Gasteiger partial charge < -0.3 is 9.84 Å². The summed E-state index contributed by atoms with van der Waals surface area (Å²) < 4.78 is 5.24. The largest absolute Gasteiger partial charge is 0.497 e. The first-order valence-electron chi connectivity index (χ1n) is 8.15. The third-order valence-corrected chi connectivity index (χ3v) is 5.40. The number of nitrogens with zero attached hydrogens (tertiary/aromatic N) is 2. The molecule has 1 aromatic rings. The number of fused-ring (bicyclic) bond motifs is 1. The normalized spacial score (nSPS) is 32.0. The Bertz CT molecular complexity index is 551. The van der Waals surface area contributed by atoms with Crippen molar-refractivity contribution in [2.24, 2.45) is 5.92 Å². The van der Waals surface area contributed by atoms with E-state index < -0.39 is 5.60 Å². The maximum absolute atomic E-state index is 11.1. The molecule has 1 aromatic carbocycles. The number of piperidine rings is 1. The highest BCUT2D eigenvalue weighted by atomic mass is 16.5. The molecule has 1 heterocycles. The van der Waals surface area contributed by atoms with Crippen LogP contribution >= 0.6 is 0 Å². The van der Waals surface area contributed by atoms with Crippen LogP contribution in [0.25, 0.3) is 0 Å². The highest BCUT2D eigenvalue weighted by Crippen LogP contribution is 2.49. The molecule has 1 aliphatic heterocycles. The van der Waals surface area contributed by atoms with E-state index in [0.29, 0.717) is 6.54 Å². The smallest absolute Gasteiger partial charge is 0.118 e. The Morgan fingerprint density at radius 2 is 2.09 bits per heavy atom. The fraction of sp³-hybridized carbons (Fsp3) is 0.611. The molecular weight excluding hydrogens is 276 g/mol. The van der Waals surface area contributed by atoms with Crippen molar-refractivity contribution in [2.75, 3.05) is 20.2 Å². The van der Waals surface area contributed by atoms with Crippen molar-refractivity contribution >= 4 is 0 Å². The Kier molecular flexibility index (Phi) is 4.37. The van der Waals surface area contributed by atoms with E-state index >= 15 is 0 Å². The summed E-state index contributed by atoms with van der Waals surface area (Å²) >= 11 is 0. The summed E-state index contributed by atoms with van der Waals surface area (Å²) in [4.78, 5) is 2.23. The number of rotatable bonds is 3. The lowest BCUT2D eigenvalue weighted by molar-refractivity contribution is -0.121. The first kappa shape index (κ1) is 15.3. The van der Waals surface area contributed by atoms with Crippen molar-refractivity contribution in [3.63, 3.8) is 0 Å². The molecule has 1 saturated carbocycles. The Balaban J connectivity index is 1.94. The van der Waals surface area contributed by atoms with Crippen molar-refractivity contribution in [3.8, 4) is 11.8 Å². The van der Waals surface area contributed by atoms with E-state index in [1.165, 1.54) is 12.0 Å². The van der Waals surface area contributed by atoms with Crippen LogP contribution < -0.4 is 4.74 Å². The SMILES string of the molecule is COc1ccc([C@H]2[C@H]3CCCC[C@]3(O)CCN2CC#N)cc1. The maximum atomic E-state index is 11.1. The van der Waals surface area contributed by atoms with Gasteiger partial charge in [-0.15, -0.1) is 0 Å². The van der Waals surface area contributed by atoms with Gasteiger partial charge in [-0.1, -0.05) is 25.0 Å². The third kappa shape index (κ3) is 2.71. The summed E-state index contributed by atoms with van der Waals surface area (Å²) in [6.45, 7) is 1.21. The molecule has 0 aromatic heterocycles. The molecule has 0 spiro atoms. The highest BCUT2D eigenvalue weighted by Gasteiger charge is 2.48. The minimum absolute atomic E-state index is 0.129. The van der Waals surface area contributed by atoms with Crippen LogP contribution in [0.5, 0.6) is 5.75 Å². The molecule has 3 rings (SSSR count). The standard InChI is InChI=1S/C18H24N2O2/c1-22-15-7-5-14(6-8-15)17-16-4-2-3-9-18(16,21)10-12-20(17)13-11-19/h5-8,16-17,21H,2-4,9-10,12-13H2,1H3/t16-,17+,18+/m1/s1. The first-order chi connectivity index (χ1) is 10.7. The maximum Gasteiger partial charge on any atom is 0.118 e. The van der Waals surface area contributed by atoms with Gasteiger partial charge in [0.15, 0.2) is 0 Å². The average Bonchev–Trinajstić information content (AvgIpc) is 2.55. The van der Waals surface area contributed by atoms with Crippen LogP contribution in [0.2, 0.25) is 0 Å². The van der Waals surface area contributed by atoms with Gasteiger partial charge in [-0.05, 0) is 37.0 Å². The predicted octanol–water partition coefficient (Wildman–Crippen LogP) is 2.89. The van der Waals surface area contributed by atoms with Crippen molar-refractivity contribution in [1.82, 2.24) is 4.90 Å². The van der Waals surface area contributed by atoms with Gasteiger partial charge in [0.1, 0.15) is 5.75 Å². The molecular formula is C18H24N2O2. The predicted molar refractivity (Wildman–Crippen MR) is 84.4 cm³/mol. The Labute approximate surface area is 132 Å². The third-order valence-electron chi connectivity index (χ3n) is 5.40. The van der Waals surface area contributed by atoms with E-state index in [-0.39, 0.29) is 12.0 Å². The number of nitriles is 1. The summed E-state index contributed by atoms with van der Waals surface area (Å²) in [7, 11) is 1.66. The summed E-state index contributed by atoms with van der Waals surface area (Å²) in [5.74, 6) is 1.06. The van der Waals surface area contributed by atoms with Gasteiger partial charge in [-0.25, -0.2) is 0 Å². The van der Waals surface area contributed by atoms with Crippen LogP contribution in [-0.2, 0) is 0 Å². The second-order valence-corrected chi connectivity index (χ2v) is 6.55. The van der Waals surface area contributed by atoms with Crippen LogP contribution in [0.1, 0.15) is 43.7 Å². The quantitative estimate of drug-likeness (QED) is 0.872. The number of hydrogen-bond acceptors (Lipinski definition) is 4. The van der Waals surface area contributed by atoms with Crippen molar-refractivity contribution in [2.45, 2.75) is 43.7 Å². The molecule has 118 valence electrons. The molecule has 2 aliphatic rings. The fourth-order valence-corrected chi connectivity index (χ4v) is 4.25. The van der Waals surface area contributed by atoms with E-state index in [1.807, 2.05) is 12.1 Å². The van der Waals surface area contributed by atoms with E-state index in [0.717, 1.165) is 38.0 Å². The van der Waals surface area contributed by atoms with Gasteiger partial charge in [0.2, 0.25) is 0 Å². The van der Waals surface area contributed by atoms with E-state index in [1.54, 1.807) is 7.11 Å². The summed E-state index contributed by atoms with van der Waals surface area (Å²) in [5, 5.41) is 20.2. The zero-order valence-corrected chi connectivity index (χ0v) is 13.2. The molecule has 22 heavy (non-hydrogen) atoms. The van der Waals surface area contributed by atoms with Crippen LogP contribution in [0.15, 0.2) is 24.3 Å². The number of methoxy groups -OCH3 is 1. The van der Waals surface area contributed by atoms with Gasteiger partial charge >= 0.3 is 0 Å². The molecule has 4 heteroatoms. The van der Waals surface area contributed by atoms with Gasteiger partial charge in [0.25, 0.3) is 0 Å².